The molecule has 8 heteroatoms. The largest absolute Gasteiger partial charge is 0.421 e. The molecule has 0 aliphatic rings. The molecule has 5 nitrogen and oxygen atoms in total. The molecule has 0 aliphatic carbocycles. The van der Waals surface area contributed by atoms with Crippen LogP contribution in [0.25, 0.3) is 22.2 Å². The van der Waals surface area contributed by atoms with Gasteiger partial charge in [0.15, 0.2) is 5.58 Å². The molecule has 2 aromatic carbocycles. The molecular weight excluding hydrogens is 405 g/mol. The van der Waals surface area contributed by atoms with E-state index in [1.807, 2.05) is 30.3 Å². The number of aromatic nitrogens is 1. The third-order valence-electron chi connectivity index (χ3n) is 3.71. The summed E-state index contributed by atoms with van der Waals surface area (Å²) in [5, 5.41) is 7.84. The molecule has 2 heterocycles. The van der Waals surface area contributed by atoms with E-state index >= 15 is 0 Å². The van der Waals surface area contributed by atoms with Gasteiger partial charge in [-0.2, -0.15) is 5.10 Å². The molecule has 0 saturated carbocycles. The quantitative estimate of drug-likeness (QED) is 0.265. The molecule has 0 fully saturated rings. The Balaban J connectivity index is 1.62. The lowest BCUT2D eigenvalue weighted by atomic mass is 10.1. The molecule has 0 saturated heterocycles. The molecule has 0 bridgehead atoms. The minimum atomic E-state index is -0.517. The van der Waals surface area contributed by atoms with Crippen molar-refractivity contribution in [3.8, 4) is 11.3 Å². The van der Waals surface area contributed by atoms with Crippen LogP contribution in [0, 0.1) is 0 Å². The number of hydrogen-bond acceptors (Lipinski definition) is 6. The third kappa shape index (κ3) is 3.88. The van der Waals surface area contributed by atoms with Crippen LogP contribution in [0.1, 0.15) is 5.56 Å². The number of rotatable bonds is 4. The van der Waals surface area contributed by atoms with E-state index in [2.05, 4.69) is 15.5 Å². The van der Waals surface area contributed by atoms with E-state index in [1.54, 1.807) is 23.7 Å². The summed E-state index contributed by atoms with van der Waals surface area (Å²) >= 11 is 13.4. The second kappa shape index (κ2) is 7.52. The first kappa shape index (κ1) is 17.7. The van der Waals surface area contributed by atoms with Gasteiger partial charge in [0, 0.05) is 15.8 Å². The van der Waals surface area contributed by atoms with Crippen LogP contribution in [0.4, 0.5) is 5.13 Å². The second-order valence-electron chi connectivity index (χ2n) is 5.57. The molecule has 4 aromatic rings. The van der Waals surface area contributed by atoms with Gasteiger partial charge >= 0.3 is 5.63 Å². The molecule has 27 heavy (non-hydrogen) atoms. The summed E-state index contributed by atoms with van der Waals surface area (Å²) in [5.41, 5.74) is 4.43. The van der Waals surface area contributed by atoms with Gasteiger partial charge in [-0.1, -0.05) is 53.5 Å². The normalized spacial score (nSPS) is 11.3. The molecule has 0 atom stereocenters. The minimum Gasteiger partial charge on any atom is -0.421 e. The number of hydrogen-bond donors (Lipinski definition) is 1. The maximum Gasteiger partial charge on any atom is 0.345 e. The lowest BCUT2D eigenvalue weighted by molar-refractivity contribution is 0.563. The first-order valence-corrected chi connectivity index (χ1v) is 9.46. The van der Waals surface area contributed by atoms with Crippen molar-refractivity contribution < 1.29 is 4.42 Å². The molecule has 0 unspecified atom stereocenters. The van der Waals surface area contributed by atoms with Crippen molar-refractivity contribution in [3.05, 3.63) is 79.9 Å². The van der Waals surface area contributed by atoms with Crippen LogP contribution in [-0.4, -0.2) is 11.2 Å². The molecule has 0 spiro atoms. The number of benzene rings is 2. The molecule has 0 radical (unpaired) electrons. The van der Waals surface area contributed by atoms with Gasteiger partial charge in [0.1, 0.15) is 0 Å². The Morgan fingerprint density at radius 1 is 1.15 bits per heavy atom. The van der Waals surface area contributed by atoms with E-state index in [1.165, 1.54) is 17.4 Å². The monoisotopic (exact) mass is 415 g/mol. The van der Waals surface area contributed by atoms with E-state index < -0.39 is 5.63 Å². The van der Waals surface area contributed by atoms with Gasteiger partial charge in [-0.05, 0) is 23.8 Å². The van der Waals surface area contributed by atoms with Crippen LogP contribution in [0.5, 0.6) is 0 Å². The number of nitrogens with one attached hydrogen (secondary N) is 1. The average molecular weight is 416 g/mol. The van der Waals surface area contributed by atoms with Crippen molar-refractivity contribution in [2.24, 2.45) is 5.10 Å². The van der Waals surface area contributed by atoms with Crippen LogP contribution < -0.4 is 11.1 Å². The SMILES string of the molecule is O=c1oc2c(Cl)cc(Cl)cc2cc1-c1csc(N/N=C\c2ccccc2)n1. The standard InChI is InChI=1S/C19H11Cl2N3O2S/c20-13-6-12-7-14(18(25)26-17(12)15(21)8-13)16-10-27-19(23-16)24-22-9-11-4-2-1-3-5-11/h1-10H,(H,23,24)/b22-9-. The number of anilines is 1. The summed E-state index contributed by atoms with van der Waals surface area (Å²) in [4.78, 5) is 16.7. The van der Waals surface area contributed by atoms with E-state index in [4.69, 9.17) is 27.6 Å². The summed E-state index contributed by atoms with van der Waals surface area (Å²) in [7, 11) is 0. The average Bonchev–Trinajstić information content (AvgIpc) is 3.11. The Morgan fingerprint density at radius 2 is 1.96 bits per heavy atom. The number of hydrazone groups is 1. The Morgan fingerprint density at radius 3 is 2.78 bits per heavy atom. The van der Waals surface area contributed by atoms with Gasteiger partial charge in [0.25, 0.3) is 0 Å². The number of thiazole rings is 1. The van der Waals surface area contributed by atoms with Crippen LogP contribution in [0.15, 0.2) is 68.2 Å². The van der Waals surface area contributed by atoms with E-state index in [0.29, 0.717) is 32.4 Å². The summed E-state index contributed by atoms with van der Waals surface area (Å²) in [6, 6.07) is 14.6. The number of halogens is 2. The number of fused-ring (bicyclic) bond motifs is 1. The van der Waals surface area contributed by atoms with Crippen molar-refractivity contribution >= 4 is 56.9 Å². The van der Waals surface area contributed by atoms with Crippen molar-refractivity contribution in [3.63, 3.8) is 0 Å². The topological polar surface area (TPSA) is 67.5 Å². The Hall–Kier alpha value is -2.67. The maximum atomic E-state index is 12.3. The second-order valence-corrected chi connectivity index (χ2v) is 7.27. The Labute approximate surface area is 167 Å². The third-order valence-corrected chi connectivity index (χ3v) is 4.95. The summed E-state index contributed by atoms with van der Waals surface area (Å²) in [5.74, 6) is 0. The minimum absolute atomic E-state index is 0.289. The maximum absolute atomic E-state index is 12.3. The lowest BCUT2D eigenvalue weighted by Crippen LogP contribution is -2.03. The highest BCUT2D eigenvalue weighted by molar-refractivity contribution is 7.14. The van der Waals surface area contributed by atoms with Crippen LogP contribution in [0.3, 0.4) is 0 Å². The highest BCUT2D eigenvalue weighted by Crippen LogP contribution is 2.30. The first-order chi connectivity index (χ1) is 13.1. The van der Waals surface area contributed by atoms with Gasteiger partial charge in [-0.25, -0.2) is 9.78 Å². The molecule has 134 valence electrons. The van der Waals surface area contributed by atoms with E-state index in [-0.39, 0.29) is 5.02 Å². The molecule has 2 aromatic heterocycles. The van der Waals surface area contributed by atoms with Gasteiger partial charge in [0.2, 0.25) is 5.13 Å². The van der Waals surface area contributed by atoms with E-state index in [0.717, 1.165) is 5.56 Å². The van der Waals surface area contributed by atoms with Gasteiger partial charge in [-0.15, -0.1) is 11.3 Å². The molecule has 0 amide bonds. The molecule has 1 N–H and O–H groups in total. The highest BCUT2D eigenvalue weighted by Gasteiger charge is 2.13. The van der Waals surface area contributed by atoms with Crippen molar-refractivity contribution in [2.45, 2.75) is 0 Å². The Bertz CT molecular complexity index is 1200. The Kier molecular flexibility index (Phi) is 4.94. The zero-order chi connectivity index (χ0) is 18.8. The number of nitrogens with zero attached hydrogens (tertiary/aromatic N) is 2. The molecule has 4 rings (SSSR count). The van der Waals surface area contributed by atoms with Crippen molar-refractivity contribution in [1.29, 1.82) is 0 Å². The molecular formula is C19H11Cl2N3O2S. The summed E-state index contributed by atoms with van der Waals surface area (Å²) < 4.78 is 5.35. The van der Waals surface area contributed by atoms with Crippen molar-refractivity contribution in [1.82, 2.24) is 4.98 Å². The first-order valence-electron chi connectivity index (χ1n) is 7.83. The predicted octanol–water partition coefficient (Wildman–Crippen LogP) is 5.67. The van der Waals surface area contributed by atoms with Crippen LogP contribution >= 0.6 is 34.5 Å². The fourth-order valence-electron chi connectivity index (χ4n) is 2.49. The highest BCUT2D eigenvalue weighted by atomic mass is 35.5. The molecule has 0 aliphatic heterocycles. The lowest BCUT2D eigenvalue weighted by Gasteiger charge is -2.02. The smallest absolute Gasteiger partial charge is 0.345 e. The van der Waals surface area contributed by atoms with Crippen molar-refractivity contribution in [2.75, 3.05) is 5.43 Å². The fourth-order valence-corrected chi connectivity index (χ4v) is 3.69. The van der Waals surface area contributed by atoms with E-state index in [9.17, 15) is 4.79 Å². The summed E-state index contributed by atoms with van der Waals surface area (Å²) in [6.45, 7) is 0. The van der Waals surface area contributed by atoms with Gasteiger partial charge < -0.3 is 4.42 Å². The zero-order valence-corrected chi connectivity index (χ0v) is 16.0. The van der Waals surface area contributed by atoms with Gasteiger partial charge in [-0.3, -0.25) is 5.43 Å². The fraction of sp³-hybridized carbons (Fsp3) is 0. The van der Waals surface area contributed by atoms with Gasteiger partial charge in [0.05, 0.1) is 22.5 Å². The van der Waals surface area contributed by atoms with Crippen LogP contribution in [0.2, 0.25) is 10.0 Å². The summed E-state index contributed by atoms with van der Waals surface area (Å²) in [6.07, 6.45) is 1.69. The zero-order valence-electron chi connectivity index (χ0n) is 13.6. The van der Waals surface area contributed by atoms with Crippen LogP contribution in [-0.2, 0) is 0 Å². The predicted molar refractivity (Wildman–Crippen MR) is 111 cm³/mol.